The van der Waals surface area contributed by atoms with E-state index in [1.165, 1.54) is 11.8 Å². The van der Waals surface area contributed by atoms with Crippen LogP contribution in [-0.2, 0) is 4.79 Å². The molecule has 0 spiro atoms. The first-order valence-electron chi connectivity index (χ1n) is 11.5. The van der Waals surface area contributed by atoms with Crippen molar-refractivity contribution >= 4 is 57.9 Å². The highest BCUT2D eigenvalue weighted by Gasteiger charge is 2.35. The third-order valence-electron chi connectivity index (χ3n) is 6.00. The largest absolute Gasteiger partial charge is 0.478 e. The fraction of sp³-hybridized carbons (Fsp3) is 0.0690. The molecule has 0 unspecified atom stereocenters. The van der Waals surface area contributed by atoms with E-state index in [4.69, 9.17) is 16.6 Å². The number of aliphatic imine (C=N–C) groups is 1. The number of aromatic nitrogens is 1. The number of rotatable bonds is 5. The molecule has 0 saturated carbocycles. The molecule has 4 aromatic rings. The zero-order valence-corrected chi connectivity index (χ0v) is 21.6. The number of amidine groups is 1. The quantitative estimate of drug-likeness (QED) is 0.277. The van der Waals surface area contributed by atoms with Gasteiger partial charge in [0.2, 0.25) is 0 Å². The molecule has 1 amide bonds. The summed E-state index contributed by atoms with van der Waals surface area (Å²) in [5.74, 6) is -1.24. The summed E-state index contributed by atoms with van der Waals surface area (Å²) in [5.41, 5.74) is 4.85. The van der Waals surface area contributed by atoms with Crippen molar-refractivity contribution in [1.82, 2.24) is 4.57 Å². The van der Waals surface area contributed by atoms with Crippen LogP contribution in [0.3, 0.4) is 0 Å². The van der Waals surface area contributed by atoms with E-state index in [9.17, 15) is 14.7 Å². The maximum absolute atomic E-state index is 13.6. The molecule has 3 aromatic carbocycles. The minimum absolute atomic E-state index is 0.0355. The van der Waals surface area contributed by atoms with E-state index in [-0.39, 0.29) is 16.5 Å². The van der Waals surface area contributed by atoms with E-state index >= 15 is 0 Å². The molecule has 0 aliphatic carbocycles. The summed E-state index contributed by atoms with van der Waals surface area (Å²) < 4.78 is 1.95. The molecule has 0 atom stereocenters. The lowest BCUT2D eigenvalue weighted by Gasteiger charge is -2.15. The van der Waals surface area contributed by atoms with Gasteiger partial charge in [0, 0.05) is 17.1 Å². The Morgan fingerprint density at radius 2 is 1.62 bits per heavy atom. The number of carboxylic acid groups (broad SMARTS) is 1. The van der Waals surface area contributed by atoms with E-state index in [0.29, 0.717) is 15.8 Å². The van der Waals surface area contributed by atoms with Crippen molar-refractivity contribution in [3.8, 4) is 5.69 Å². The molecule has 1 aliphatic heterocycles. The molecule has 184 valence electrons. The first-order chi connectivity index (χ1) is 17.8. The number of carboxylic acids is 1. The lowest BCUT2D eigenvalue weighted by atomic mass is 10.2. The molecular weight excluding hydrogens is 506 g/mol. The molecule has 1 fully saturated rings. The molecule has 6 nitrogen and oxygen atoms in total. The highest BCUT2D eigenvalue weighted by molar-refractivity contribution is 8.19. The minimum atomic E-state index is -1.09. The first kappa shape index (κ1) is 24.6. The third-order valence-corrected chi connectivity index (χ3v) is 7.30. The third kappa shape index (κ3) is 4.83. The highest BCUT2D eigenvalue weighted by atomic mass is 35.5. The average Bonchev–Trinajstić information content (AvgIpc) is 3.34. The zero-order chi connectivity index (χ0) is 26.1. The molecule has 2 heterocycles. The van der Waals surface area contributed by atoms with Crippen LogP contribution in [0.4, 0.5) is 11.4 Å². The Balaban J connectivity index is 1.57. The number of benzene rings is 3. The SMILES string of the molecule is Cc1cc(/C=C2\SC(=Nc3ccccc3)N(c3ccccc3)C2=O)c(C)n1-c1ccc(Cl)c(C(=O)O)c1. The van der Waals surface area contributed by atoms with Crippen molar-refractivity contribution in [2.45, 2.75) is 13.8 Å². The Kier molecular flexibility index (Phi) is 6.74. The van der Waals surface area contributed by atoms with Gasteiger partial charge >= 0.3 is 5.97 Å². The Bertz CT molecular complexity index is 1580. The normalized spacial score (nSPS) is 15.6. The number of amides is 1. The molecule has 0 bridgehead atoms. The van der Waals surface area contributed by atoms with Crippen molar-refractivity contribution in [3.05, 3.63) is 117 Å². The van der Waals surface area contributed by atoms with Gasteiger partial charge in [-0.2, -0.15) is 0 Å². The van der Waals surface area contributed by atoms with Crippen LogP contribution in [0.5, 0.6) is 0 Å². The van der Waals surface area contributed by atoms with Crippen molar-refractivity contribution in [2.75, 3.05) is 4.90 Å². The van der Waals surface area contributed by atoms with Gasteiger partial charge in [-0.1, -0.05) is 48.0 Å². The van der Waals surface area contributed by atoms with Crippen LogP contribution >= 0.6 is 23.4 Å². The molecule has 8 heteroatoms. The number of aryl methyl sites for hydroxylation is 1. The second-order valence-electron chi connectivity index (χ2n) is 8.45. The van der Waals surface area contributed by atoms with Gasteiger partial charge in [0.25, 0.3) is 5.91 Å². The van der Waals surface area contributed by atoms with Gasteiger partial charge < -0.3 is 9.67 Å². The summed E-state index contributed by atoms with van der Waals surface area (Å²) in [7, 11) is 0. The highest BCUT2D eigenvalue weighted by Crippen LogP contribution is 2.38. The predicted molar refractivity (Wildman–Crippen MR) is 150 cm³/mol. The van der Waals surface area contributed by atoms with Crippen LogP contribution in [0.25, 0.3) is 11.8 Å². The van der Waals surface area contributed by atoms with Crippen LogP contribution in [0.2, 0.25) is 5.02 Å². The number of para-hydroxylation sites is 2. The smallest absolute Gasteiger partial charge is 0.337 e. The number of hydrogen-bond donors (Lipinski definition) is 1. The maximum atomic E-state index is 13.6. The van der Waals surface area contributed by atoms with Crippen LogP contribution in [-0.4, -0.2) is 26.7 Å². The summed E-state index contributed by atoms with van der Waals surface area (Å²) in [6.45, 7) is 3.87. The number of nitrogens with zero attached hydrogens (tertiary/aromatic N) is 3. The number of halogens is 1. The van der Waals surface area contributed by atoms with Crippen LogP contribution in [0.1, 0.15) is 27.3 Å². The standard InChI is InChI=1S/C29H22ClN3O3S/c1-18-15-20(19(2)32(18)23-13-14-25(30)24(17-23)28(35)36)16-26-27(34)33(22-11-7-4-8-12-22)29(37-26)31-21-9-5-3-6-10-21/h3-17H,1-2H3,(H,35,36)/b26-16-,31-29?. The fourth-order valence-electron chi connectivity index (χ4n) is 4.25. The number of thioether (sulfide) groups is 1. The summed E-state index contributed by atoms with van der Waals surface area (Å²) in [6.07, 6.45) is 1.86. The Labute approximate surface area is 223 Å². The fourth-order valence-corrected chi connectivity index (χ4v) is 5.45. The van der Waals surface area contributed by atoms with Gasteiger partial charge in [-0.05, 0) is 85.8 Å². The van der Waals surface area contributed by atoms with Crippen molar-refractivity contribution in [1.29, 1.82) is 0 Å². The van der Waals surface area contributed by atoms with Gasteiger partial charge in [0.05, 0.1) is 26.9 Å². The molecular formula is C29H22ClN3O3S. The average molecular weight is 528 g/mol. The molecule has 1 saturated heterocycles. The van der Waals surface area contributed by atoms with Gasteiger partial charge in [-0.3, -0.25) is 9.69 Å². The lowest BCUT2D eigenvalue weighted by molar-refractivity contribution is -0.113. The molecule has 1 aromatic heterocycles. The van der Waals surface area contributed by atoms with E-state index < -0.39 is 5.97 Å². The number of carbonyl (C=O) groups excluding carboxylic acids is 1. The van der Waals surface area contributed by atoms with Gasteiger partial charge in [0.15, 0.2) is 5.17 Å². The Morgan fingerprint density at radius 3 is 2.30 bits per heavy atom. The van der Waals surface area contributed by atoms with Crippen LogP contribution in [0.15, 0.2) is 94.8 Å². The van der Waals surface area contributed by atoms with Gasteiger partial charge in [-0.15, -0.1) is 0 Å². The van der Waals surface area contributed by atoms with Crippen LogP contribution in [0, 0.1) is 13.8 Å². The van der Waals surface area contributed by atoms with Crippen LogP contribution < -0.4 is 4.90 Å². The predicted octanol–water partition coefficient (Wildman–Crippen LogP) is 7.25. The second-order valence-corrected chi connectivity index (χ2v) is 9.86. The van der Waals surface area contributed by atoms with Crippen molar-refractivity contribution in [2.24, 2.45) is 4.99 Å². The number of anilines is 1. The minimum Gasteiger partial charge on any atom is -0.478 e. The second kappa shape index (κ2) is 10.1. The van der Waals surface area contributed by atoms with Crippen molar-refractivity contribution < 1.29 is 14.7 Å². The van der Waals surface area contributed by atoms with Crippen molar-refractivity contribution in [3.63, 3.8) is 0 Å². The summed E-state index contributed by atoms with van der Waals surface area (Å²) >= 11 is 7.40. The molecule has 1 N–H and O–H groups in total. The first-order valence-corrected chi connectivity index (χ1v) is 12.7. The lowest BCUT2D eigenvalue weighted by Crippen LogP contribution is -2.28. The molecule has 1 aliphatic rings. The summed E-state index contributed by atoms with van der Waals surface area (Å²) in [5, 5.41) is 10.2. The maximum Gasteiger partial charge on any atom is 0.337 e. The monoisotopic (exact) mass is 527 g/mol. The topological polar surface area (TPSA) is 74.9 Å². The Hall–Kier alpha value is -4.07. The number of carbonyl (C=O) groups is 2. The summed E-state index contributed by atoms with van der Waals surface area (Å²) in [6, 6.07) is 25.9. The number of aromatic carboxylic acids is 1. The van der Waals surface area contributed by atoms with Gasteiger partial charge in [-0.25, -0.2) is 9.79 Å². The zero-order valence-electron chi connectivity index (χ0n) is 20.1. The van der Waals surface area contributed by atoms with E-state index in [1.807, 2.05) is 91.2 Å². The molecule has 0 radical (unpaired) electrons. The van der Waals surface area contributed by atoms with Gasteiger partial charge in [0.1, 0.15) is 0 Å². The molecule has 5 rings (SSSR count). The van der Waals surface area contributed by atoms with E-state index in [0.717, 1.165) is 28.3 Å². The molecule has 37 heavy (non-hydrogen) atoms. The Morgan fingerprint density at radius 1 is 0.946 bits per heavy atom. The number of hydrogen-bond acceptors (Lipinski definition) is 4. The van der Waals surface area contributed by atoms with E-state index in [2.05, 4.69) is 0 Å². The van der Waals surface area contributed by atoms with E-state index in [1.54, 1.807) is 23.1 Å². The summed E-state index contributed by atoms with van der Waals surface area (Å²) in [4.78, 5) is 32.1.